The molecule has 0 amide bonds. The molecule has 0 spiro atoms. The van der Waals surface area contributed by atoms with E-state index in [2.05, 4.69) is 34.6 Å². The highest BCUT2D eigenvalue weighted by molar-refractivity contribution is 6.07. The molecule has 3 aromatic rings. The summed E-state index contributed by atoms with van der Waals surface area (Å²) < 4.78 is 1.81. The van der Waals surface area contributed by atoms with Crippen LogP contribution >= 0.6 is 0 Å². The third kappa shape index (κ3) is 2.16. The van der Waals surface area contributed by atoms with Crippen molar-refractivity contribution in [2.75, 3.05) is 18.9 Å². The summed E-state index contributed by atoms with van der Waals surface area (Å²) in [7, 11) is 1.77. The lowest BCUT2D eigenvalue weighted by Crippen LogP contribution is -2.22. The summed E-state index contributed by atoms with van der Waals surface area (Å²) in [6.45, 7) is 3.29. The summed E-state index contributed by atoms with van der Waals surface area (Å²) in [5.74, 6) is 0.588. The number of aromatic nitrogens is 3. The van der Waals surface area contributed by atoms with Crippen molar-refractivity contribution in [2.45, 2.75) is 26.3 Å². The fraction of sp³-hybridized carbons (Fsp3) is 0.375. The Hall–Kier alpha value is -2.34. The highest BCUT2D eigenvalue weighted by atomic mass is 16.1. The first-order valence-corrected chi connectivity index (χ1v) is 7.62. The van der Waals surface area contributed by atoms with Crippen LogP contribution in [0.4, 0.5) is 5.82 Å². The minimum Gasteiger partial charge on any atom is -0.371 e. The number of nitrogens with one attached hydrogen (secondary N) is 2. The molecule has 116 valence electrons. The first-order chi connectivity index (χ1) is 10.7. The van der Waals surface area contributed by atoms with Crippen molar-refractivity contribution in [3.05, 3.63) is 34.1 Å². The maximum Gasteiger partial charge on any atom is 0.264 e. The van der Waals surface area contributed by atoms with Crippen LogP contribution in [0.1, 0.15) is 18.9 Å². The molecule has 0 radical (unpaired) electrons. The van der Waals surface area contributed by atoms with Gasteiger partial charge in [0.2, 0.25) is 0 Å². The molecule has 0 fully saturated rings. The second-order valence-electron chi connectivity index (χ2n) is 5.38. The van der Waals surface area contributed by atoms with Crippen molar-refractivity contribution in [1.82, 2.24) is 14.8 Å². The van der Waals surface area contributed by atoms with E-state index in [4.69, 9.17) is 5.73 Å². The van der Waals surface area contributed by atoms with Crippen molar-refractivity contribution in [2.24, 2.45) is 5.73 Å². The van der Waals surface area contributed by atoms with E-state index in [0.29, 0.717) is 24.3 Å². The van der Waals surface area contributed by atoms with E-state index in [1.54, 1.807) is 11.6 Å². The van der Waals surface area contributed by atoms with Crippen LogP contribution in [0.5, 0.6) is 0 Å². The van der Waals surface area contributed by atoms with Gasteiger partial charge in [0, 0.05) is 19.0 Å². The number of benzene rings is 1. The lowest BCUT2D eigenvalue weighted by atomic mass is 10.1. The number of nitrogens with zero attached hydrogens (tertiary/aromatic N) is 2. The standard InChI is InChI=1S/C16H21N5O/c1-3-10-5-6-12-11(9-10)14-13(15(18-2)20-19-14)16(22)21(12)8-4-7-17/h5-6,9H,3-4,7-8,17H2,1-2H3,(H2,18,19,20). The highest BCUT2D eigenvalue weighted by Crippen LogP contribution is 2.26. The highest BCUT2D eigenvalue weighted by Gasteiger charge is 2.16. The lowest BCUT2D eigenvalue weighted by Gasteiger charge is -2.12. The molecule has 6 heteroatoms. The Morgan fingerprint density at radius 3 is 2.91 bits per heavy atom. The van der Waals surface area contributed by atoms with E-state index in [-0.39, 0.29) is 5.56 Å². The molecule has 1 aromatic carbocycles. The van der Waals surface area contributed by atoms with Crippen molar-refractivity contribution in [1.29, 1.82) is 0 Å². The van der Waals surface area contributed by atoms with Crippen molar-refractivity contribution < 1.29 is 0 Å². The molecule has 0 bridgehead atoms. The number of anilines is 1. The van der Waals surface area contributed by atoms with Gasteiger partial charge in [-0.1, -0.05) is 13.0 Å². The molecule has 0 unspecified atom stereocenters. The molecule has 22 heavy (non-hydrogen) atoms. The third-order valence-electron chi connectivity index (χ3n) is 4.08. The zero-order valence-corrected chi connectivity index (χ0v) is 12.9. The van der Waals surface area contributed by atoms with E-state index < -0.39 is 0 Å². The topological polar surface area (TPSA) is 88.7 Å². The second kappa shape index (κ2) is 5.81. The molecule has 4 N–H and O–H groups in total. The Labute approximate surface area is 128 Å². The van der Waals surface area contributed by atoms with Gasteiger partial charge >= 0.3 is 0 Å². The summed E-state index contributed by atoms with van der Waals surface area (Å²) >= 11 is 0. The van der Waals surface area contributed by atoms with E-state index in [9.17, 15) is 4.79 Å². The minimum absolute atomic E-state index is 0.0294. The fourth-order valence-electron chi connectivity index (χ4n) is 2.88. The van der Waals surface area contributed by atoms with Crippen LogP contribution < -0.4 is 16.6 Å². The first kappa shape index (κ1) is 14.6. The van der Waals surface area contributed by atoms with Gasteiger partial charge in [0.25, 0.3) is 5.56 Å². The fourth-order valence-corrected chi connectivity index (χ4v) is 2.88. The average Bonchev–Trinajstić information content (AvgIpc) is 2.99. The number of fused-ring (bicyclic) bond motifs is 3. The molecule has 0 saturated carbocycles. The molecule has 2 aromatic heterocycles. The Morgan fingerprint density at radius 1 is 1.41 bits per heavy atom. The van der Waals surface area contributed by atoms with Crippen LogP contribution in [-0.4, -0.2) is 28.4 Å². The Morgan fingerprint density at radius 2 is 2.23 bits per heavy atom. The molecular formula is C16H21N5O. The maximum atomic E-state index is 12.9. The molecule has 3 rings (SSSR count). The van der Waals surface area contributed by atoms with E-state index >= 15 is 0 Å². The second-order valence-corrected chi connectivity index (χ2v) is 5.38. The van der Waals surface area contributed by atoms with Crippen LogP contribution in [0.2, 0.25) is 0 Å². The van der Waals surface area contributed by atoms with Crippen LogP contribution in [0, 0.1) is 0 Å². The monoisotopic (exact) mass is 299 g/mol. The molecule has 0 saturated heterocycles. The van der Waals surface area contributed by atoms with Crippen molar-refractivity contribution in [3.63, 3.8) is 0 Å². The van der Waals surface area contributed by atoms with Gasteiger partial charge in [0.15, 0.2) is 5.82 Å². The number of hydrogen-bond donors (Lipinski definition) is 3. The Kier molecular flexibility index (Phi) is 3.85. The van der Waals surface area contributed by atoms with Gasteiger partial charge in [-0.25, -0.2) is 0 Å². The van der Waals surface area contributed by atoms with Crippen molar-refractivity contribution >= 4 is 27.6 Å². The van der Waals surface area contributed by atoms with Crippen LogP contribution in [0.15, 0.2) is 23.0 Å². The van der Waals surface area contributed by atoms with Gasteiger partial charge in [-0.3, -0.25) is 9.89 Å². The molecule has 0 aliphatic heterocycles. The molecule has 6 nitrogen and oxygen atoms in total. The average molecular weight is 299 g/mol. The zero-order chi connectivity index (χ0) is 15.7. The summed E-state index contributed by atoms with van der Waals surface area (Å²) in [6, 6.07) is 6.22. The largest absolute Gasteiger partial charge is 0.371 e. The number of aromatic amines is 1. The number of nitrogens with two attached hydrogens (primary N) is 1. The van der Waals surface area contributed by atoms with E-state index in [0.717, 1.165) is 29.3 Å². The lowest BCUT2D eigenvalue weighted by molar-refractivity contribution is 0.654. The number of pyridine rings is 1. The smallest absolute Gasteiger partial charge is 0.264 e. The number of H-pyrrole nitrogens is 1. The van der Waals surface area contributed by atoms with Crippen molar-refractivity contribution in [3.8, 4) is 0 Å². The SMILES string of the molecule is CCc1ccc2c(c1)c1[nH]nc(NC)c1c(=O)n2CCCN. The Balaban J connectivity index is 2.43. The number of hydrogen-bond acceptors (Lipinski definition) is 4. The van der Waals surface area contributed by atoms with Gasteiger partial charge < -0.3 is 15.6 Å². The van der Waals surface area contributed by atoms with E-state index in [1.807, 2.05) is 6.07 Å². The quantitative estimate of drug-likeness (QED) is 0.670. The molecule has 0 aliphatic carbocycles. The zero-order valence-electron chi connectivity index (χ0n) is 12.9. The van der Waals surface area contributed by atoms with Gasteiger partial charge in [0.1, 0.15) is 5.39 Å². The summed E-state index contributed by atoms with van der Waals surface area (Å²) in [5.41, 5.74) is 8.54. The van der Waals surface area contributed by atoms with Gasteiger partial charge in [0.05, 0.1) is 11.0 Å². The summed E-state index contributed by atoms with van der Waals surface area (Å²) in [5, 5.41) is 11.9. The third-order valence-corrected chi connectivity index (χ3v) is 4.08. The Bertz CT molecular complexity index is 877. The van der Waals surface area contributed by atoms with E-state index in [1.165, 1.54) is 5.56 Å². The minimum atomic E-state index is -0.0294. The predicted octanol–water partition coefficient (Wildman–Crippen LogP) is 1.83. The van der Waals surface area contributed by atoms with Crippen LogP contribution in [0.3, 0.4) is 0 Å². The number of aryl methyl sites for hydroxylation is 2. The molecule has 0 aliphatic rings. The molecule has 0 atom stereocenters. The summed E-state index contributed by atoms with van der Waals surface area (Å²) in [6.07, 6.45) is 1.72. The predicted molar refractivity (Wildman–Crippen MR) is 90.5 cm³/mol. The number of rotatable bonds is 5. The maximum absolute atomic E-state index is 12.9. The van der Waals surface area contributed by atoms with Crippen LogP contribution in [-0.2, 0) is 13.0 Å². The summed E-state index contributed by atoms with van der Waals surface area (Å²) in [4.78, 5) is 12.9. The van der Waals surface area contributed by atoms with Crippen LogP contribution in [0.25, 0.3) is 21.8 Å². The van der Waals surface area contributed by atoms with Gasteiger partial charge in [-0.2, -0.15) is 5.10 Å². The molecule has 2 heterocycles. The van der Waals surface area contributed by atoms with Gasteiger partial charge in [-0.05, 0) is 37.1 Å². The normalized spacial score (nSPS) is 11.4. The molecular weight excluding hydrogens is 278 g/mol. The van der Waals surface area contributed by atoms with Gasteiger partial charge in [-0.15, -0.1) is 0 Å². The first-order valence-electron chi connectivity index (χ1n) is 7.62.